The molecule has 2 N–H and O–H groups in total. The van der Waals surface area contributed by atoms with Crippen LogP contribution in [0, 0.1) is 28.6 Å². The molecule has 2 fully saturated rings. The van der Waals surface area contributed by atoms with Gasteiger partial charge in [-0.1, -0.05) is 0 Å². The molecule has 0 spiro atoms. The number of aliphatic carboxylic acids is 1. The number of nitriles is 1. The largest absolute Gasteiger partial charge is 0.481 e. The summed E-state index contributed by atoms with van der Waals surface area (Å²) < 4.78 is 0. The molecule has 0 aromatic carbocycles. The number of carboxylic acid groups (broad SMARTS) is 1. The molecule has 2 aliphatic rings. The van der Waals surface area contributed by atoms with Gasteiger partial charge < -0.3 is 15.3 Å². The highest BCUT2D eigenvalue weighted by Gasteiger charge is 2.42. The third-order valence-electron chi connectivity index (χ3n) is 4.85. The molecule has 2 amide bonds. The van der Waals surface area contributed by atoms with Crippen molar-refractivity contribution in [2.45, 2.75) is 39.0 Å². The lowest BCUT2D eigenvalue weighted by Crippen LogP contribution is -2.42. The van der Waals surface area contributed by atoms with Gasteiger partial charge in [-0.05, 0) is 44.9 Å². The van der Waals surface area contributed by atoms with Crippen molar-refractivity contribution in [3.05, 3.63) is 0 Å². The highest BCUT2D eigenvalue weighted by Crippen LogP contribution is 2.30. The SMILES string of the molecule is CC1(C(=O)O)CCN(C(=O)NCC2CCC(C#N)CC2)C1. The molecule has 116 valence electrons. The number of hydrogen-bond acceptors (Lipinski definition) is 3. The second kappa shape index (κ2) is 6.33. The second-order valence-electron chi connectivity index (χ2n) is 6.57. The summed E-state index contributed by atoms with van der Waals surface area (Å²) in [7, 11) is 0. The number of rotatable bonds is 3. The number of carboxylic acids is 1. The Morgan fingerprint density at radius 3 is 2.57 bits per heavy atom. The number of carbonyl (C=O) groups is 2. The van der Waals surface area contributed by atoms with Crippen LogP contribution in [0.3, 0.4) is 0 Å². The Kier molecular flexibility index (Phi) is 4.71. The summed E-state index contributed by atoms with van der Waals surface area (Å²) in [5.74, 6) is -0.230. The number of hydrogen-bond donors (Lipinski definition) is 2. The lowest BCUT2D eigenvalue weighted by atomic mass is 9.83. The smallest absolute Gasteiger partial charge is 0.317 e. The molecule has 1 atom stereocenters. The summed E-state index contributed by atoms with van der Waals surface area (Å²) in [5.41, 5.74) is -0.817. The lowest BCUT2D eigenvalue weighted by Gasteiger charge is -2.26. The third kappa shape index (κ3) is 3.66. The summed E-state index contributed by atoms with van der Waals surface area (Å²) in [6, 6.07) is 2.14. The van der Waals surface area contributed by atoms with Gasteiger partial charge in [-0.15, -0.1) is 0 Å². The summed E-state index contributed by atoms with van der Waals surface area (Å²) >= 11 is 0. The van der Waals surface area contributed by atoms with E-state index >= 15 is 0 Å². The predicted octanol–water partition coefficient (Wildman–Crippen LogP) is 1.82. The fourth-order valence-corrected chi connectivity index (χ4v) is 3.15. The van der Waals surface area contributed by atoms with E-state index in [1.165, 1.54) is 0 Å². The number of nitrogens with zero attached hydrogens (tertiary/aromatic N) is 2. The summed E-state index contributed by atoms with van der Waals surface area (Å²) in [6.45, 7) is 3.08. The maximum Gasteiger partial charge on any atom is 0.317 e. The van der Waals surface area contributed by atoms with Gasteiger partial charge in [0.15, 0.2) is 0 Å². The minimum absolute atomic E-state index is 0.164. The molecule has 1 aliphatic heterocycles. The van der Waals surface area contributed by atoms with E-state index in [1.807, 2.05) is 0 Å². The Morgan fingerprint density at radius 1 is 1.38 bits per heavy atom. The van der Waals surface area contributed by atoms with E-state index in [9.17, 15) is 9.59 Å². The van der Waals surface area contributed by atoms with Crippen LogP contribution in [-0.4, -0.2) is 41.6 Å². The Morgan fingerprint density at radius 2 is 2.05 bits per heavy atom. The van der Waals surface area contributed by atoms with Crippen molar-refractivity contribution < 1.29 is 14.7 Å². The normalized spacial score (nSPS) is 32.5. The zero-order valence-electron chi connectivity index (χ0n) is 12.5. The van der Waals surface area contributed by atoms with E-state index in [0.29, 0.717) is 25.4 Å². The lowest BCUT2D eigenvalue weighted by molar-refractivity contribution is -0.146. The quantitative estimate of drug-likeness (QED) is 0.830. The minimum atomic E-state index is -0.840. The first-order chi connectivity index (χ1) is 9.94. The van der Waals surface area contributed by atoms with E-state index in [-0.39, 0.29) is 18.5 Å². The highest BCUT2D eigenvalue weighted by molar-refractivity contribution is 5.79. The van der Waals surface area contributed by atoms with E-state index in [1.54, 1.807) is 11.8 Å². The van der Waals surface area contributed by atoms with Gasteiger partial charge >= 0.3 is 12.0 Å². The van der Waals surface area contributed by atoms with Crippen molar-refractivity contribution in [1.82, 2.24) is 10.2 Å². The standard InChI is InChI=1S/C15H23N3O3/c1-15(13(19)20)6-7-18(10-15)14(21)17-9-12-4-2-11(8-16)3-5-12/h11-12H,2-7,9-10H2,1H3,(H,17,21)(H,19,20). The van der Waals surface area contributed by atoms with Gasteiger partial charge in [-0.2, -0.15) is 5.26 Å². The van der Waals surface area contributed by atoms with Gasteiger partial charge in [-0.3, -0.25) is 4.79 Å². The van der Waals surface area contributed by atoms with Crippen LogP contribution < -0.4 is 5.32 Å². The molecule has 0 bridgehead atoms. The van der Waals surface area contributed by atoms with Crippen molar-refractivity contribution in [1.29, 1.82) is 5.26 Å². The molecule has 6 heteroatoms. The zero-order valence-corrected chi connectivity index (χ0v) is 12.5. The van der Waals surface area contributed by atoms with Crippen LogP contribution in [0.15, 0.2) is 0 Å². The van der Waals surface area contributed by atoms with Crippen molar-refractivity contribution in [3.63, 3.8) is 0 Å². The second-order valence-corrected chi connectivity index (χ2v) is 6.57. The molecular weight excluding hydrogens is 270 g/mol. The number of nitrogens with one attached hydrogen (secondary N) is 1. The van der Waals surface area contributed by atoms with Gasteiger partial charge in [0.25, 0.3) is 0 Å². The van der Waals surface area contributed by atoms with Crippen molar-refractivity contribution in [2.75, 3.05) is 19.6 Å². The molecule has 21 heavy (non-hydrogen) atoms. The van der Waals surface area contributed by atoms with Crippen molar-refractivity contribution >= 4 is 12.0 Å². The maximum atomic E-state index is 12.1. The minimum Gasteiger partial charge on any atom is -0.481 e. The number of amides is 2. The van der Waals surface area contributed by atoms with Gasteiger partial charge in [-0.25, -0.2) is 4.79 Å². The van der Waals surface area contributed by atoms with E-state index in [2.05, 4.69) is 11.4 Å². The Bertz CT molecular complexity index is 452. The molecule has 2 rings (SSSR count). The average molecular weight is 293 g/mol. The van der Waals surface area contributed by atoms with Gasteiger partial charge in [0.05, 0.1) is 11.5 Å². The monoisotopic (exact) mass is 293 g/mol. The topological polar surface area (TPSA) is 93.4 Å². The van der Waals surface area contributed by atoms with Crippen LogP contribution in [0.1, 0.15) is 39.0 Å². The van der Waals surface area contributed by atoms with Crippen LogP contribution in [0.5, 0.6) is 0 Å². The first-order valence-electron chi connectivity index (χ1n) is 7.60. The molecule has 1 heterocycles. The Labute approximate surface area is 125 Å². The third-order valence-corrected chi connectivity index (χ3v) is 4.85. The molecule has 0 aromatic rings. The van der Waals surface area contributed by atoms with Crippen LogP contribution in [0.25, 0.3) is 0 Å². The number of carbonyl (C=O) groups excluding carboxylic acids is 1. The predicted molar refractivity (Wildman–Crippen MR) is 76.4 cm³/mol. The Hall–Kier alpha value is -1.77. The fourth-order valence-electron chi connectivity index (χ4n) is 3.15. The molecule has 1 unspecified atom stereocenters. The van der Waals surface area contributed by atoms with Crippen molar-refractivity contribution in [3.8, 4) is 6.07 Å². The molecule has 0 aromatic heterocycles. The first-order valence-corrected chi connectivity index (χ1v) is 7.60. The molecule has 0 radical (unpaired) electrons. The molecule has 1 saturated heterocycles. The summed E-state index contributed by atoms with van der Waals surface area (Å²) in [6.07, 6.45) is 4.29. The fraction of sp³-hybridized carbons (Fsp3) is 0.800. The average Bonchev–Trinajstić information content (AvgIpc) is 2.89. The molecule has 1 aliphatic carbocycles. The van der Waals surface area contributed by atoms with E-state index in [0.717, 1.165) is 25.7 Å². The molecular formula is C15H23N3O3. The maximum absolute atomic E-state index is 12.1. The number of urea groups is 1. The van der Waals surface area contributed by atoms with Gasteiger partial charge in [0, 0.05) is 25.6 Å². The molecule has 1 saturated carbocycles. The van der Waals surface area contributed by atoms with Crippen LogP contribution >= 0.6 is 0 Å². The molecule has 6 nitrogen and oxygen atoms in total. The summed E-state index contributed by atoms with van der Waals surface area (Å²) in [5, 5.41) is 20.9. The van der Waals surface area contributed by atoms with Crippen LogP contribution in [0.2, 0.25) is 0 Å². The van der Waals surface area contributed by atoms with Crippen LogP contribution in [0.4, 0.5) is 4.79 Å². The Balaban J connectivity index is 1.74. The zero-order chi connectivity index (χ0) is 15.5. The first kappa shape index (κ1) is 15.6. The van der Waals surface area contributed by atoms with E-state index in [4.69, 9.17) is 10.4 Å². The van der Waals surface area contributed by atoms with Crippen molar-refractivity contribution in [2.24, 2.45) is 17.3 Å². The summed E-state index contributed by atoms with van der Waals surface area (Å²) in [4.78, 5) is 24.9. The van der Waals surface area contributed by atoms with Gasteiger partial charge in [0.2, 0.25) is 0 Å². The van der Waals surface area contributed by atoms with Crippen LogP contribution in [-0.2, 0) is 4.79 Å². The number of likely N-dealkylation sites (tertiary alicyclic amines) is 1. The highest BCUT2D eigenvalue weighted by atomic mass is 16.4. The van der Waals surface area contributed by atoms with E-state index < -0.39 is 11.4 Å². The van der Waals surface area contributed by atoms with Gasteiger partial charge in [0.1, 0.15) is 0 Å².